The Kier molecular flexibility index (Phi) is 3.21. The van der Waals surface area contributed by atoms with E-state index in [1.807, 2.05) is 5.38 Å². The largest absolute Gasteiger partial charge is 0.378 e. The van der Waals surface area contributed by atoms with Crippen LogP contribution < -0.4 is 0 Å². The van der Waals surface area contributed by atoms with Crippen molar-refractivity contribution >= 4 is 28.7 Å². The van der Waals surface area contributed by atoms with Gasteiger partial charge >= 0.3 is 0 Å². The molecule has 1 aliphatic rings. The van der Waals surface area contributed by atoms with Gasteiger partial charge in [0.2, 0.25) is 0 Å². The summed E-state index contributed by atoms with van der Waals surface area (Å²) in [6.07, 6.45) is 2.64. The minimum atomic E-state index is 0.100. The van der Waals surface area contributed by atoms with Gasteiger partial charge in [0.15, 0.2) is 5.78 Å². The van der Waals surface area contributed by atoms with Crippen molar-refractivity contribution in [2.24, 2.45) is 0 Å². The average Bonchev–Trinajstić information content (AvgIpc) is 2.75. The molecule has 4 heteroatoms. The van der Waals surface area contributed by atoms with Gasteiger partial charge in [-0.05, 0) is 24.3 Å². The smallest absolute Gasteiger partial charge is 0.167 e. The molecule has 1 fully saturated rings. The fourth-order valence-corrected chi connectivity index (χ4v) is 2.57. The van der Waals surface area contributed by atoms with Crippen molar-refractivity contribution in [2.45, 2.75) is 25.4 Å². The van der Waals surface area contributed by atoms with E-state index < -0.39 is 0 Å². The Morgan fingerprint density at radius 2 is 2.57 bits per heavy atom. The van der Waals surface area contributed by atoms with Crippen molar-refractivity contribution in [1.82, 2.24) is 0 Å². The number of ketones is 1. The van der Waals surface area contributed by atoms with Crippen LogP contribution in [-0.2, 0) is 4.74 Å². The molecule has 14 heavy (non-hydrogen) atoms. The van der Waals surface area contributed by atoms with E-state index in [-0.39, 0.29) is 11.9 Å². The second-order valence-electron chi connectivity index (χ2n) is 3.37. The maximum absolute atomic E-state index is 11.7. The zero-order valence-electron chi connectivity index (χ0n) is 7.66. The molecule has 0 radical (unpaired) electrons. The van der Waals surface area contributed by atoms with Crippen LogP contribution in [0.15, 0.2) is 11.4 Å². The first-order chi connectivity index (χ1) is 6.77. The average molecular weight is 231 g/mol. The predicted molar refractivity (Wildman–Crippen MR) is 57.3 cm³/mol. The maximum Gasteiger partial charge on any atom is 0.167 e. The summed E-state index contributed by atoms with van der Waals surface area (Å²) in [5.41, 5.74) is 0.646. The first kappa shape index (κ1) is 10.1. The van der Waals surface area contributed by atoms with E-state index in [2.05, 4.69) is 0 Å². The number of hydrogen-bond donors (Lipinski definition) is 0. The van der Waals surface area contributed by atoms with E-state index in [1.54, 1.807) is 6.07 Å². The first-order valence-electron chi connectivity index (χ1n) is 4.65. The Bertz CT molecular complexity index is 329. The summed E-state index contributed by atoms with van der Waals surface area (Å²) in [7, 11) is 0. The highest BCUT2D eigenvalue weighted by Gasteiger charge is 2.21. The molecule has 0 amide bonds. The van der Waals surface area contributed by atoms with Crippen molar-refractivity contribution in [2.75, 3.05) is 6.61 Å². The van der Waals surface area contributed by atoms with Crippen molar-refractivity contribution < 1.29 is 9.53 Å². The third-order valence-electron chi connectivity index (χ3n) is 2.36. The molecule has 0 aliphatic carbocycles. The van der Waals surface area contributed by atoms with Gasteiger partial charge in [-0.25, -0.2) is 0 Å². The Labute approximate surface area is 91.8 Å². The first-order valence-corrected chi connectivity index (χ1v) is 5.91. The minimum Gasteiger partial charge on any atom is -0.378 e. The molecule has 0 spiro atoms. The highest BCUT2D eigenvalue weighted by atomic mass is 35.5. The summed E-state index contributed by atoms with van der Waals surface area (Å²) >= 11 is 7.27. The fraction of sp³-hybridized carbons (Fsp3) is 0.500. The van der Waals surface area contributed by atoms with Crippen LogP contribution in [0.3, 0.4) is 0 Å². The van der Waals surface area contributed by atoms with E-state index in [9.17, 15) is 4.79 Å². The Hall–Kier alpha value is -0.380. The van der Waals surface area contributed by atoms with E-state index >= 15 is 0 Å². The monoisotopic (exact) mass is 230 g/mol. The number of halogens is 1. The summed E-state index contributed by atoms with van der Waals surface area (Å²) in [5, 5.41) is 1.84. The standard InChI is InChI=1S/C10H11ClO2S/c11-10-8(3-5-14-10)9(12)6-7-2-1-4-13-7/h3,5,7H,1-2,4,6H2. The molecule has 1 saturated heterocycles. The maximum atomic E-state index is 11.7. The molecule has 2 nitrogen and oxygen atoms in total. The van der Waals surface area contributed by atoms with Crippen LogP contribution in [0.2, 0.25) is 4.34 Å². The number of rotatable bonds is 3. The van der Waals surface area contributed by atoms with Crippen molar-refractivity contribution in [3.63, 3.8) is 0 Å². The summed E-state index contributed by atoms with van der Waals surface area (Å²) in [5.74, 6) is 0.100. The fourth-order valence-electron chi connectivity index (χ4n) is 1.62. The van der Waals surface area contributed by atoms with Gasteiger partial charge in [-0.3, -0.25) is 4.79 Å². The summed E-state index contributed by atoms with van der Waals surface area (Å²) in [6.45, 7) is 0.787. The quantitative estimate of drug-likeness (QED) is 0.746. The normalized spacial score (nSPS) is 21.4. The van der Waals surface area contributed by atoms with Crippen molar-refractivity contribution in [1.29, 1.82) is 0 Å². The number of thiophene rings is 1. The number of carbonyl (C=O) groups excluding carboxylic acids is 1. The van der Waals surface area contributed by atoms with Gasteiger partial charge in [-0.15, -0.1) is 11.3 Å². The van der Waals surface area contributed by atoms with Crippen LogP contribution in [0, 0.1) is 0 Å². The van der Waals surface area contributed by atoms with Gasteiger partial charge in [0.25, 0.3) is 0 Å². The van der Waals surface area contributed by atoms with Gasteiger partial charge < -0.3 is 4.74 Å². The molecule has 1 unspecified atom stereocenters. The topological polar surface area (TPSA) is 26.3 Å². The number of hydrogen-bond acceptors (Lipinski definition) is 3. The number of ether oxygens (including phenoxy) is 1. The van der Waals surface area contributed by atoms with Crippen molar-refractivity contribution in [3.8, 4) is 0 Å². The molecule has 0 N–H and O–H groups in total. The Morgan fingerprint density at radius 3 is 3.14 bits per heavy atom. The lowest BCUT2D eigenvalue weighted by molar-refractivity contribution is 0.0776. The Balaban J connectivity index is 1.98. The van der Waals surface area contributed by atoms with E-state index in [1.165, 1.54) is 11.3 Å². The summed E-state index contributed by atoms with van der Waals surface area (Å²) < 4.78 is 5.99. The third-order valence-corrected chi connectivity index (χ3v) is 3.53. The molecule has 0 aromatic carbocycles. The molecule has 1 aromatic rings. The molecule has 2 rings (SSSR count). The lowest BCUT2D eigenvalue weighted by Gasteiger charge is -2.06. The molecule has 1 aliphatic heterocycles. The summed E-state index contributed by atoms with van der Waals surface area (Å²) in [6, 6.07) is 1.78. The van der Waals surface area contributed by atoms with E-state index in [0.29, 0.717) is 16.3 Å². The zero-order chi connectivity index (χ0) is 9.97. The van der Waals surface area contributed by atoms with Crippen LogP contribution in [-0.4, -0.2) is 18.5 Å². The van der Waals surface area contributed by atoms with Crippen LogP contribution >= 0.6 is 22.9 Å². The van der Waals surface area contributed by atoms with Gasteiger partial charge in [0.1, 0.15) is 4.34 Å². The molecule has 2 heterocycles. The van der Waals surface area contributed by atoms with Crippen molar-refractivity contribution in [3.05, 3.63) is 21.3 Å². The van der Waals surface area contributed by atoms with E-state index in [4.69, 9.17) is 16.3 Å². The van der Waals surface area contributed by atoms with Gasteiger partial charge in [-0.2, -0.15) is 0 Å². The van der Waals surface area contributed by atoms with E-state index in [0.717, 1.165) is 19.4 Å². The number of carbonyl (C=O) groups is 1. The molecule has 1 atom stereocenters. The second kappa shape index (κ2) is 4.43. The lowest BCUT2D eigenvalue weighted by Crippen LogP contribution is -2.12. The lowest BCUT2D eigenvalue weighted by atomic mass is 10.1. The number of Topliss-reactive ketones (excluding diaryl/α,β-unsaturated/α-hetero) is 1. The molecule has 76 valence electrons. The minimum absolute atomic E-state index is 0.100. The molecule has 0 bridgehead atoms. The zero-order valence-corrected chi connectivity index (χ0v) is 9.24. The highest BCUT2D eigenvalue weighted by Crippen LogP contribution is 2.26. The SMILES string of the molecule is O=C(CC1CCCO1)c1ccsc1Cl. The summed E-state index contributed by atoms with van der Waals surface area (Å²) in [4.78, 5) is 11.7. The molecule has 1 aromatic heterocycles. The second-order valence-corrected chi connectivity index (χ2v) is 4.89. The van der Waals surface area contributed by atoms with Crippen LogP contribution in [0.5, 0.6) is 0 Å². The van der Waals surface area contributed by atoms with Gasteiger partial charge in [0.05, 0.1) is 6.10 Å². The van der Waals surface area contributed by atoms with Gasteiger partial charge in [0, 0.05) is 18.6 Å². The Morgan fingerprint density at radius 1 is 1.71 bits per heavy atom. The molecule has 0 saturated carbocycles. The van der Waals surface area contributed by atoms with Crippen LogP contribution in [0.25, 0.3) is 0 Å². The highest BCUT2D eigenvalue weighted by molar-refractivity contribution is 7.14. The predicted octanol–water partition coefficient (Wildman–Crippen LogP) is 3.15. The van der Waals surface area contributed by atoms with Crippen LogP contribution in [0.4, 0.5) is 0 Å². The van der Waals surface area contributed by atoms with Crippen LogP contribution in [0.1, 0.15) is 29.6 Å². The van der Waals surface area contributed by atoms with Gasteiger partial charge in [-0.1, -0.05) is 11.6 Å². The molecular weight excluding hydrogens is 220 g/mol. The third kappa shape index (κ3) is 2.16. The molecular formula is C10H11ClO2S.